The Kier molecular flexibility index (Phi) is 5.13. The van der Waals surface area contributed by atoms with Crippen LogP contribution < -0.4 is 0 Å². The number of rotatable bonds is 5. The van der Waals surface area contributed by atoms with Crippen LogP contribution in [0.15, 0.2) is 23.8 Å². The molecule has 0 aromatic carbocycles. The fourth-order valence-electron chi connectivity index (χ4n) is 7.59. The molecule has 0 radical (unpaired) electrons. The second-order valence-electron chi connectivity index (χ2n) is 11.3. The quantitative estimate of drug-likeness (QED) is 0.479. The van der Waals surface area contributed by atoms with Crippen molar-refractivity contribution in [3.63, 3.8) is 0 Å². The number of allylic oxidation sites excluding steroid dienone is 4. The molecule has 2 N–H and O–H groups in total. The van der Waals surface area contributed by atoms with Gasteiger partial charge in [0.15, 0.2) is 17.2 Å². The summed E-state index contributed by atoms with van der Waals surface area (Å²) in [5.74, 6) is -0.726. The van der Waals surface area contributed by atoms with Crippen LogP contribution in [0.2, 0.25) is 0 Å². The first-order valence-corrected chi connectivity index (χ1v) is 12.2. The number of aliphatic hydroxyl groups excluding tert-OH is 1. The Morgan fingerprint density at radius 3 is 2.72 bits per heavy atom. The van der Waals surface area contributed by atoms with Gasteiger partial charge in [0.05, 0.1) is 31.3 Å². The molecule has 1 saturated heterocycles. The Labute approximate surface area is 194 Å². The molecule has 32 heavy (non-hydrogen) atoms. The van der Waals surface area contributed by atoms with E-state index in [4.69, 9.17) is 21.1 Å². The largest absolute Gasteiger partial charge is 0.393 e. The Hall–Kier alpha value is -1.05. The van der Waals surface area contributed by atoms with Gasteiger partial charge in [0.25, 0.3) is 0 Å². The molecular weight excluding hydrogens is 432 g/mol. The molecule has 6 nitrogen and oxygen atoms in total. The van der Waals surface area contributed by atoms with Crippen LogP contribution in [0.1, 0.15) is 46.5 Å². The summed E-state index contributed by atoms with van der Waals surface area (Å²) in [6, 6.07) is 0. The van der Waals surface area contributed by atoms with Crippen LogP contribution in [0, 0.1) is 28.6 Å². The average Bonchev–Trinajstić information content (AvgIpc) is 3.43. The van der Waals surface area contributed by atoms with Crippen molar-refractivity contribution in [2.24, 2.45) is 28.6 Å². The maximum absolute atomic E-state index is 13.1. The number of carbonyl (C=O) groups excluding carboxylic acids is 2. The van der Waals surface area contributed by atoms with Crippen LogP contribution >= 0.6 is 11.6 Å². The number of hydrogen-bond acceptors (Lipinski definition) is 6. The molecule has 7 heteroatoms. The van der Waals surface area contributed by atoms with E-state index < -0.39 is 34.4 Å². The number of carbonyl (C=O) groups is 2. The van der Waals surface area contributed by atoms with Gasteiger partial charge in [-0.1, -0.05) is 25.5 Å². The lowest BCUT2D eigenvalue weighted by atomic mass is 9.46. The predicted octanol–water partition coefficient (Wildman–Crippen LogP) is 2.59. The van der Waals surface area contributed by atoms with E-state index in [0.717, 1.165) is 18.4 Å². The molecule has 9 atom stereocenters. The Morgan fingerprint density at radius 2 is 2.06 bits per heavy atom. The number of alkyl halides is 1. The molecule has 0 bridgehead atoms. The van der Waals surface area contributed by atoms with Gasteiger partial charge < -0.3 is 19.7 Å². The highest BCUT2D eigenvalue weighted by atomic mass is 35.5. The first-order valence-electron chi connectivity index (χ1n) is 11.7. The van der Waals surface area contributed by atoms with Crippen molar-refractivity contribution in [3.05, 3.63) is 23.8 Å². The second-order valence-corrected chi connectivity index (χ2v) is 11.6. The van der Waals surface area contributed by atoms with Gasteiger partial charge in [0.1, 0.15) is 5.60 Å². The van der Waals surface area contributed by atoms with Crippen LogP contribution in [0.5, 0.6) is 0 Å². The van der Waals surface area contributed by atoms with E-state index in [1.54, 1.807) is 12.2 Å². The number of aliphatic hydroxyl groups is 2. The number of epoxide rings is 1. The maximum Gasteiger partial charge on any atom is 0.182 e. The third-order valence-electron chi connectivity index (χ3n) is 9.46. The molecule has 4 fully saturated rings. The number of ketones is 2. The summed E-state index contributed by atoms with van der Waals surface area (Å²) in [5.41, 5.74) is -2.29. The van der Waals surface area contributed by atoms with Crippen molar-refractivity contribution in [3.8, 4) is 0 Å². The van der Waals surface area contributed by atoms with Crippen molar-refractivity contribution in [2.45, 2.75) is 69.9 Å². The van der Waals surface area contributed by atoms with E-state index in [1.165, 1.54) is 0 Å². The van der Waals surface area contributed by atoms with E-state index in [2.05, 4.69) is 6.92 Å². The number of halogens is 1. The van der Waals surface area contributed by atoms with Gasteiger partial charge in [-0.3, -0.25) is 9.59 Å². The lowest BCUT2D eigenvalue weighted by Gasteiger charge is -2.59. The lowest BCUT2D eigenvalue weighted by molar-refractivity contribution is -0.192. The molecule has 0 spiro atoms. The Morgan fingerprint density at radius 1 is 1.34 bits per heavy atom. The molecular formula is C25H33ClO6. The molecule has 1 unspecified atom stereocenters. The number of fused-ring (bicyclic) bond motifs is 5. The zero-order chi connectivity index (χ0) is 23.1. The van der Waals surface area contributed by atoms with E-state index >= 15 is 0 Å². The number of hydrogen-bond donors (Lipinski definition) is 2. The van der Waals surface area contributed by atoms with Crippen LogP contribution in [0.3, 0.4) is 0 Å². The molecule has 1 aliphatic heterocycles. The zero-order valence-corrected chi connectivity index (χ0v) is 19.7. The zero-order valence-electron chi connectivity index (χ0n) is 19.0. The lowest BCUT2D eigenvalue weighted by Crippen LogP contribution is -2.64. The summed E-state index contributed by atoms with van der Waals surface area (Å²) in [6.45, 7) is 6.89. The summed E-state index contributed by atoms with van der Waals surface area (Å²) < 4.78 is 11.6. The highest BCUT2D eigenvalue weighted by Gasteiger charge is 2.72. The van der Waals surface area contributed by atoms with Gasteiger partial charge in [-0.2, -0.15) is 0 Å². The van der Waals surface area contributed by atoms with Gasteiger partial charge in [-0.15, -0.1) is 11.6 Å². The summed E-state index contributed by atoms with van der Waals surface area (Å²) in [7, 11) is 0. The fraction of sp³-hybridized carbons (Fsp3) is 0.760. The molecule has 5 rings (SSSR count). The minimum atomic E-state index is -1.76. The van der Waals surface area contributed by atoms with Crippen LogP contribution in [0.25, 0.3) is 0 Å². The minimum absolute atomic E-state index is 0.00160. The van der Waals surface area contributed by atoms with Gasteiger partial charge in [0.2, 0.25) is 0 Å². The van der Waals surface area contributed by atoms with E-state index in [0.29, 0.717) is 19.6 Å². The van der Waals surface area contributed by atoms with Crippen molar-refractivity contribution in [1.82, 2.24) is 0 Å². The highest BCUT2D eigenvalue weighted by Crippen LogP contribution is 2.67. The summed E-state index contributed by atoms with van der Waals surface area (Å²) in [5, 5.41) is 23.4. The van der Waals surface area contributed by atoms with Gasteiger partial charge in [-0.05, 0) is 56.6 Å². The van der Waals surface area contributed by atoms with E-state index in [1.807, 2.05) is 19.9 Å². The second kappa shape index (κ2) is 7.22. The van der Waals surface area contributed by atoms with Gasteiger partial charge >= 0.3 is 0 Å². The molecule has 0 aromatic heterocycles. The minimum Gasteiger partial charge on any atom is -0.393 e. The Balaban J connectivity index is 1.52. The van der Waals surface area contributed by atoms with Crippen molar-refractivity contribution in [1.29, 1.82) is 0 Å². The summed E-state index contributed by atoms with van der Waals surface area (Å²) in [4.78, 5) is 25.1. The van der Waals surface area contributed by atoms with Crippen LogP contribution in [0.4, 0.5) is 0 Å². The summed E-state index contributed by atoms with van der Waals surface area (Å²) >= 11 is 5.98. The Bertz CT molecular complexity index is 908. The third kappa shape index (κ3) is 2.99. The average molecular weight is 465 g/mol. The molecule has 0 amide bonds. The third-order valence-corrected chi connectivity index (χ3v) is 9.71. The maximum atomic E-state index is 13.1. The highest BCUT2D eigenvalue weighted by molar-refractivity contribution is 6.29. The topological polar surface area (TPSA) is 96.4 Å². The van der Waals surface area contributed by atoms with Crippen LogP contribution in [-0.4, -0.2) is 64.3 Å². The van der Waals surface area contributed by atoms with Crippen molar-refractivity contribution in [2.75, 3.05) is 19.1 Å². The molecule has 4 aliphatic carbocycles. The van der Waals surface area contributed by atoms with Crippen LogP contribution in [-0.2, 0) is 19.1 Å². The molecule has 176 valence electrons. The standard InChI is InChI=1S/C25H33ClO6/c1-22(13-32-22)12-31-20-9-17-16-5-4-14-8-15(27)6-7-23(14,2)21(16)18(28)10-24(17,3)25(20,30)19(29)11-26/h6-8,16-18,20-21,28,30H,4-5,9-13H2,1-3H3/t16-,17-,18-,20+,21+,22?,23-,24-,25+/m0/s1. The SMILES string of the molecule is CC1(CO[C@@H]2C[C@H]3[C@@H]4CCC5=CC(=O)C=C[C@]5(C)[C@H]4[C@@H](O)C[C@]3(C)[C@@]2(O)C(=O)CCl)CO1. The van der Waals surface area contributed by atoms with Crippen molar-refractivity contribution >= 4 is 23.2 Å². The first-order chi connectivity index (χ1) is 15.0. The molecule has 3 saturated carbocycles. The molecule has 1 heterocycles. The monoisotopic (exact) mass is 464 g/mol. The number of Topliss-reactive ketones (excluding diaryl/α,β-unsaturated/α-hetero) is 1. The normalized spacial score (nSPS) is 51.5. The smallest absolute Gasteiger partial charge is 0.182 e. The first kappa shape index (κ1) is 22.7. The van der Waals surface area contributed by atoms with Gasteiger partial charge in [-0.25, -0.2) is 0 Å². The fourth-order valence-corrected chi connectivity index (χ4v) is 7.79. The number of ether oxygens (including phenoxy) is 2. The molecule has 0 aromatic rings. The molecule has 5 aliphatic rings. The van der Waals surface area contributed by atoms with E-state index in [-0.39, 0.29) is 41.4 Å². The summed E-state index contributed by atoms with van der Waals surface area (Å²) in [6.07, 6.45) is 6.29. The van der Waals surface area contributed by atoms with E-state index in [9.17, 15) is 19.8 Å². The van der Waals surface area contributed by atoms with Gasteiger partial charge in [0, 0.05) is 16.7 Å². The predicted molar refractivity (Wildman–Crippen MR) is 118 cm³/mol. The van der Waals surface area contributed by atoms with Crippen molar-refractivity contribution < 1.29 is 29.3 Å².